The molecule has 0 radical (unpaired) electrons. The predicted octanol–water partition coefficient (Wildman–Crippen LogP) is 3.46. The van der Waals surface area contributed by atoms with Gasteiger partial charge in [-0.25, -0.2) is 4.79 Å². The summed E-state index contributed by atoms with van der Waals surface area (Å²) in [5, 5.41) is 9.07. The Balaban J connectivity index is 1.77. The van der Waals surface area contributed by atoms with E-state index in [0.29, 0.717) is 6.54 Å². The highest BCUT2D eigenvalue weighted by Crippen LogP contribution is 2.10. The van der Waals surface area contributed by atoms with Gasteiger partial charge < -0.3 is 16.0 Å². The van der Waals surface area contributed by atoms with Crippen molar-refractivity contribution in [2.45, 2.75) is 32.9 Å². The summed E-state index contributed by atoms with van der Waals surface area (Å²) < 4.78 is 0. The highest BCUT2D eigenvalue weighted by molar-refractivity contribution is 5.74. The van der Waals surface area contributed by atoms with E-state index in [1.807, 2.05) is 49.4 Å². The fraction of sp³-hybridized carbons (Fsp3) is 0.333. The van der Waals surface area contributed by atoms with Gasteiger partial charge in [-0.2, -0.15) is 0 Å². The summed E-state index contributed by atoms with van der Waals surface area (Å²) in [6.45, 7) is 5.51. The number of rotatable bonds is 7. The van der Waals surface area contributed by atoms with E-state index in [1.165, 1.54) is 0 Å². The van der Waals surface area contributed by atoms with Crippen molar-refractivity contribution < 1.29 is 4.79 Å². The first-order chi connectivity index (χ1) is 11.2. The number of urea groups is 1. The van der Waals surface area contributed by atoms with Crippen LogP contribution in [0.25, 0.3) is 0 Å². The second kappa shape index (κ2) is 8.78. The first-order valence-electron chi connectivity index (χ1n) is 7.97. The van der Waals surface area contributed by atoms with Crippen LogP contribution in [0.3, 0.4) is 0 Å². The lowest BCUT2D eigenvalue weighted by Gasteiger charge is -2.14. The Morgan fingerprint density at radius 1 is 1.17 bits per heavy atom. The molecule has 0 aliphatic rings. The van der Waals surface area contributed by atoms with Gasteiger partial charge in [0, 0.05) is 25.0 Å². The maximum Gasteiger partial charge on any atom is 0.315 e. The minimum absolute atomic E-state index is 0.128. The predicted molar refractivity (Wildman–Crippen MR) is 93.2 cm³/mol. The quantitative estimate of drug-likeness (QED) is 0.733. The van der Waals surface area contributed by atoms with Gasteiger partial charge in [-0.05, 0) is 43.2 Å². The van der Waals surface area contributed by atoms with Gasteiger partial charge in [0.05, 0.1) is 11.7 Å². The third-order valence-electron chi connectivity index (χ3n) is 3.47. The van der Waals surface area contributed by atoms with E-state index in [0.717, 1.165) is 29.9 Å². The number of aromatic nitrogens is 1. The van der Waals surface area contributed by atoms with Crippen molar-refractivity contribution in [2.75, 3.05) is 11.9 Å². The van der Waals surface area contributed by atoms with Gasteiger partial charge in [0.15, 0.2) is 0 Å². The molecule has 1 aromatic heterocycles. The third kappa shape index (κ3) is 5.62. The smallest absolute Gasteiger partial charge is 0.315 e. The van der Waals surface area contributed by atoms with Crippen LogP contribution in [0, 0.1) is 0 Å². The zero-order chi connectivity index (χ0) is 16.5. The van der Waals surface area contributed by atoms with Crippen LogP contribution in [0.15, 0.2) is 48.7 Å². The van der Waals surface area contributed by atoms with Crippen LogP contribution in [0.5, 0.6) is 0 Å². The molecular weight excluding hydrogens is 288 g/mol. The number of anilines is 1. The van der Waals surface area contributed by atoms with Gasteiger partial charge in [-0.15, -0.1) is 0 Å². The lowest BCUT2D eigenvalue weighted by atomic mass is 10.2. The molecule has 2 rings (SSSR count). The zero-order valence-corrected chi connectivity index (χ0v) is 13.7. The molecule has 0 fully saturated rings. The number of carbonyl (C=O) groups excluding carboxylic acids is 1. The molecule has 0 spiro atoms. The van der Waals surface area contributed by atoms with E-state index in [9.17, 15) is 4.79 Å². The number of amides is 2. The molecule has 1 heterocycles. The van der Waals surface area contributed by atoms with Crippen LogP contribution in [0.4, 0.5) is 10.5 Å². The molecule has 5 heteroatoms. The first-order valence-corrected chi connectivity index (χ1v) is 7.97. The molecule has 0 saturated carbocycles. The van der Waals surface area contributed by atoms with Crippen LogP contribution in [0.2, 0.25) is 0 Å². The molecule has 5 nitrogen and oxygen atoms in total. The van der Waals surface area contributed by atoms with Crippen molar-refractivity contribution in [1.29, 1.82) is 0 Å². The van der Waals surface area contributed by atoms with Crippen LogP contribution < -0.4 is 16.0 Å². The fourth-order valence-corrected chi connectivity index (χ4v) is 2.15. The average molecular weight is 312 g/mol. The summed E-state index contributed by atoms with van der Waals surface area (Å²) in [5.41, 5.74) is 3.01. The Morgan fingerprint density at radius 3 is 2.61 bits per heavy atom. The molecule has 0 saturated heterocycles. The van der Waals surface area contributed by atoms with E-state index in [-0.39, 0.29) is 12.1 Å². The number of pyridine rings is 1. The van der Waals surface area contributed by atoms with Crippen molar-refractivity contribution in [1.82, 2.24) is 15.6 Å². The van der Waals surface area contributed by atoms with Gasteiger partial charge >= 0.3 is 6.03 Å². The van der Waals surface area contributed by atoms with E-state index >= 15 is 0 Å². The number of nitrogens with one attached hydrogen (secondary N) is 3. The molecule has 3 N–H and O–H groups in total. The highest BCUT2D eigenvalue weighted by atomic mass is 16.2. The van der Waals surface area contributed by atoms with Crippen molar-refractivity contribution in [3.05, 3.63) is 59.9 Å². The second-order valence-electron chi connectivity index (χ2n) is 5.43. The SMILES string of the molecule is CCCNc1ccc(CNC(=O)N[C@H](C)c2ccccn2)cc1. The molecule has 23 heavy (non-hydrogen) atoms. The molecule has 2 amide bonds. The van der Waals surface area contributed by atoms with E-state index in [1.54, 1.807) is 6.20 Å². The number of nitrogens with zero attached hydrogens (tertiary/aromatic N) is 1. The van der Waals surface area contributed by atoms with Crippen LogP contribution in [-0.4, -0.2) is 17.6 Å². The van der Waals surface area contributed by atoms with Gasteiger partial charge in [-0.3, -0.25) is 4.98 Å². The number of hydrogen-bond donors (Lipinski definition) is 3. The summed E-state index contributed by atoms with van der Waals surface area (Å²) in [7, 11) is 0. The third-order valence-corrected chi connectivity index (χ3v) is 3.47. The Kier molecular flexibility index (Phi) is 6.41. The molecule has 1 atom stereocenters. The van der Waals surface area contributed by atoms with Crippen molar-refractivity contribution in [3.8, 4) is 0 Å². The van der Waals surface area contributed by atoms with E-state index < -0.39 is 0 Å². The van der Waals surface area contributed by atoms with Crippen LogP contribution in [-0.2, 0) is 6.54 Å². The first kappa shape index (κ1) is 16.8. The molecule has 0 bridgehead atoms. The summed E-state index contributed by atoms with van der Waals surface area (Å²) in [4.78, 5) is 16.2. The van der Waals surface area contributed by atoms with E-state index in [4.69, 9.17) is 0 Å². The topological polar surface area (TPSA) is 66.0 Å². The summed E-state index contributed by atoms with van der Waals surface area (Å²) in [5.74, 6) is 0. The number of benzene rings is 1. The Hall–Kier alpha value is -2.56. The van der Waals surface area contributed by atoms with Crippen molar-refractivity contribution >= 4 is 11.7 Å². The molecule has 122 valence electrons. The number of hydrogen-bond acceptors (Lipinski definition) is 3. The zero-order valence-electron chi connectivity index (χ0n) is 13.7. The highest BCUT2D eigenvalue weighted by Gasteiger charge is 2.09. The fourth-order valence-electron chi connectivity index (χ4n) is 2.15. The van der Waals surface area contributed by atoms with Gasteiger partial charge in [0.25, 0.3) is 0 Å². The molecular formula is C18H24N4O. The summed E-state index contributed by atoms with van der Waals surface area (Å²) in [6, 6.07) is 13.4. The largest absolute Gasteiger partial charge is 0.385 e. The lowest BCUT2D eigenvalue weighted by Crippen LogP contribution is -2.36. The van der Waals surface area contributed by atoms with Gasteiger partial charge in [0.2, 0.25) is 0 Å². The Labute approximate surface area is 137 Å². The molecule has 0 aliphatic heterocycles. The van der Waals surface area contributed by atoms with Crippen LogP contribution in [0.1, 0.15) is 37.6 Å². The van der Waals surface area contributed by atoms with Crippen LogP contribution >= 0.6 is 0 Å². The second-order valence-corrected chi connectivity index (χ2v) is 5.43. The van der Waals surface area contributed by atoms with Crippen molar-refractivity contribution in [2.24, 2.45) is 0 Å². The van der Waals surface area contributed by atoms with Gasteiger partial charge in [0.1, 0.15) is 0 Å². The average Bonchev–Trinajstić information content (AvgIpc) is 2.59. The van der Waals surface area contributed by atoms with Crippen molar-refractivity contribution in [3.63, 3.8) is 0 Å². The summed E-state index contributed by atoms with van der Waals surface area (Å²) in [6.07, 6.45) is 2.82. The molecule has 1 aromatic carbocycles. The minimum atomic E-state index is -0.198. The standard InChI is InChI=1S/C18H24N4O/c1-3-11-19-16-9-7-15(8-10-16)13-21-18(23)22-14(2)17-6-4-5-12-20-17/h4-10,12,14,19H,3,11,13H2,1-2H3,(H2,21,22,23)/t14-/m1/s1. The molecule has 0 unspecified atom stereocenters. The molecule has 2 aromatic rings. The Morgan fingerprint density at radius 2 is 1.96 bits per heavy atom. The maximum atomic E-state index is 11.9. The number of carbonyl (C=O) groups is 1. The summed E-state index contributed by atoms with van der Waals surface area (Å²) >= 11 is 0. The monoisotopic (exact) mass is 312 g/mol. The Bertz CT molecular complexity index is 598. The minimum Gasteiger partial charge on any atom is -0.385 e. The van der Waals surface area contributed by atoms with E-state index in [2.05, 4.69) is 27.9 Å². The maximum absolute atomic E-state index is 11.9. The van der Waals surface area contributed by atoms with Gasteiger partial charge in [-0.1, -0.05) is 25.1 Å². The molecule has 0 aliphatic carbocycles. The normalized spacial score (nSPS) is 11.6. The lowest BCUT2D eigenvalue weighted by molar-refractivity contribution is 0.237.